The highest BCUT2D eigenvalue weighted by Gasteiger charge is 2.18. The van der Waals surface area contributed by atoms with Crippen LogP contribution in [-0.4, -0.2) is 74.5 Å². The number of likely N-dealkylation sites (N-methyl/N-ethyl adjacent to an activating group) is 1. The van der Waals surface area contributed by atoms with Crippen molar-refractivity contribution in [1.82, 2.24) is 20.4 Å². The van der Waals surface area contributed by atoms with E-state index in [-0.39, 0.29) is 18.4 Å². The van der Waals surface area contributed by atoms with E-state index in [2.05, 4.69) is 24.5 Å². The van der Waals surface area contributed by atoms with Gasteiger partial charge in [0, 0.05) is 32.7 Å². The van der Waals surface area contributed by atoms with Gasteiger partial charge in [0.05, 0.1) is 13.1 Å². The van der Waals surface area contributed by atoms with Gasteiger partial charge in [0.1, 0.15) is 0 Å². The Balaban J connectivity index is 2.19. The van der Waals surface area contributed by atoms with E-state index in [9.17, 15) is 9.59 Å². The molecule has 0 radical (unpaired) electrons. The molecule has 2 amide bonds. The third-order valence-electron chi connectivity index (χ3n) is 3.33. The predicted octanol–water partition coefficient (Wildman–Crippen LogP) is -0.488. The fraction of sp³-hybridized carbons (Fsp3) is 0.857. The molecular formula is C14H28N4O2. The third kappa shape index (κ3) is 6.86. The molecule has 1 saturated heterocycles. The molecule has 0 aliphatic carbocycles. The first-order valence-corrected chi connectivity index (χ1v) is 7.42. The second kappa shape index (κ2) is 8.92. The number of piperazine rings is 1. The number of amides is 2. The summed E-state index contributed by atoms with van der Waals surface area (Å²) in [5.41, 5.74) is 0. The van der Waals surface area contributed by atoms with Crippen LogP contribution in [0.4, 0.5) is 0 Å². The minimum Gasteiger partial charge on any atom is -0.355 e. The van der Waals surface area contributed by atoms with E-state index in [1.807, 2.05) is 11.9 Å². The van der Waals surface area contributed by atoms with Gasteiger partial charge in [0.15, 0.2) is 0 Å². The second-order valence-corrected chi connectivity index (χ2v) is 5.84. The molecule has 0 bridgehead atoms. The largest absolute Gasteiger partial charge is 0.355 e. The Morgan fingerprint density at radius 3 is 2.50 bits per heavy atom. The number of rotatable bonds is 7. The lowest BCUT2D eigenvalue weighted by Gasteiger charge is -2.29. The first kappa shape index (κ1) is 16.9. The molecule has 1 heterocycles. The van der Waals surface area contributed by atoms with Crippen molar-refractivity contribution in [3.05, 3.63) is 0 Å². The summed E-state index contributed by atoms with van der Waals surface area (Å²) in [5, 5.41) is 6.10. The fourth-order valence-electron chi connectivity index (χ4n) is 2.10. The van der Waals surface area contributed by atoms with Crippen LogP contribution >= 0.6 is 0 Å². The molecule has 0 spiro atoms. The van der Waals surface area contributed by atoms with Crippen LogP contribution in [0.3, 0.4) is 0 Å². The Bertz CT molecular complexity index is 314. The van der Waals surface area contributed by atoms with Crippen molar-refractivity contribution >= 4 is 11.8 Å². The topological polar surface area (TPSA) is 64.7 Å². The summed E-state index contributed by atoms with van der Waals surface area (Å²) in [6.45, 7) is 8.76. The summed E-state index contributed by atoms with van der Waals surface area (Å²) in [4.78, 5) is 27.3. The second-order valence-electron chi connectivity index (χ2n) is 5.84. The number of carbonyl (C=O) groups is 2. The van der Waals surface area contributed by atoms with Gasteiger partial charge in [0.2, 0.25) is 11.8 Å². The molecule has 0 saturated carbocycles. The van der Waals surface area contributed by atoms with Crippen molar-refractivity contribution in [2.45, 2.75) is 20.3 Å². The molecule has 0 aromatic rings. The van der Waals surface area contributed by atoms with Gasteiger partial charge in [0.25, 0.3) is 0 Å². The van der Waals surface area contributed by atoms with Crippen LogP contribution in [0, 0.1) is 5.92 Å². The van der Waals surface area contributed by atoms with E-state index in [1.165, 1.54) is 0 Å². The van der Waals surface area contributed by atoms with Crippen molar-refractivity contribution in [2.24, 2.45) is 5.92 Å². The van der Waals surface area contributed by atoms with Gasteiger partial charge in [-0.3, -0.25) is 14.5 Å². The van der Waals surface area contributed by atoms with Gasteiger partial charge in [-0.2, -0.15) is 0 Å². The molecule has 1 aliphatic rings. The molecule has 1 aliphatic heterocycles. The number of carbonyl (C=O) groups excluding carboxylic acids is 2. The zero-order valence-electron chi connectivity index (χ0n) is 12.9. The summed E-state index contributed by atoms with van der Waals surface area (Å²) in [5.74, 6) is 0.674. The minimum atomic E-state index is -0.0127. The van der Waals surface area contributed by atoms with Crippen molar-refractivity contribution in [2.75, 3.05) is 52.9 Å². The van der Waals surface area contributed by atoms with Gasteiger partial charge >= 0.3 is 0 Å². The minimum absolute atomic E-state index is 0.0127. The van der Waals surface area contributed by atoms with Crippen LogP contribution in [0.1, 0.15) is 20.3 Å². The Kier molecular flexibility index (Phi) is 7.54. The third-order valence-corrected chi connectivity index (χ3v) is 3.33. The monoisotopic (exact) mass is 284 g/mol. The van der Waals surface area contributed by atoms with Gasteiger partial charge in [-0.15, -0.1) is 0 Å². The predicted molar refractivity (Wildman–Crippen MR) is 79.4 cm³/mol. The Hall–Kier alpha value is -1.14. The number of hydrogen-bond donors (Lipinski definition) is 2. The smallest absolute Gasteiger partial charge is 0.236 e. The van der Waals surface area contributed by atoms with Crippen LogP contribution in [0.5, 0.6) is 0 Å². The number of hydrogen-bond acceptors (Lipinski definition) is 4. The SMILES string of the molecule is CC(C)CCNC(=O)CN(C)CC(=O)N1CCNCC1. The molecule has 0 aromatic carbocycles. The standard InChI is InChI=1S/C14H28N4O2/c1-12(2)4-5-16-13(19)10-17(3)11-14(20)18-8-6-15-7-9-18/h12,15H,4-11H2,1-3H3,(H,16,19). The van der Waals surface area contributed by atoms with E-state index >= 15 is 0 Å². The average molecular weight is 284 g/mol. The number of nitrogens with one attached hydrogen (secondary N) is 2. The highest BCUT2D eigenvalue weighted by Crippen LogP contribution is 1.97. The van der Waals surface area contributed by atoms with E-state index in [1.54, 1.807) is 4.90 Å². The molecule has 116 valence electrons. The van der Waals surface area contributed by atoms with Gasteiger partial charge in [-0.1, -0.05) is 13.8 Å². The summed E-state index contributed by atoms with van der Waals surface area (Å²) >= 11 is 0. The lowest BCUT2D eigenvalue weighted by atomic mass is 10.1. The number of nitrogens with zero attached hydrogens (tertiary/aromatic N) is 2. The van der Waals surface area contributed by atoms with E-state index < -0.39 is 0 Å². The summed E-state index contributed by atoms with van der Waals surface area (Å²) in [6, 6.07) is 0. The van der Waals surface area contributed by atoms with Gasteiger partial charge in [-0.25, -0.2) is 0 Å². The van der Waals surface area contributed by atoms with Gasteiger partial charge in [-0.05, 0) is 19.4 Å². The van der Waals surface area contributed by atoms with Crippen LogP contribution in [0.2, 0.25) is 0 Å². The molecule has 0 aromatic heterocycles. The summed E-state index contributed by atoms with van der Waals surface area (Å²) < 4.78 is 0. The molecule has 1 fully saturated rings. The molecule has 6 heteroatoms. The van der Waals surface area contributed by atoms with E-state index in [0.717, 1.165) is 32.6 Å². The van der Waals surface area contributed by atoms with Crippen LogP contribution in [0.15, 0.2) is 0 Å². The maximum Gasteiger partial charge on any atom is 0.236 e. The van der Waals surface area contributed by atoms with Crippen molar-refractivity contribution < 1.29 is 9.59 Å². The highest BCUT2D eigenvalue weighted by atomic mass is 16.2. The quantitative estimate of drug-likeness (QED) is 0.662. The zero-order valence-corrected chi connectivity index (χ0v) is 12.9. The summed E-state index contributed by atoms with van der Waals surface area (Å²) in [7, 11) is 1.81. The van der Waals surface area contributed by atoms with Crippen LogP contribution < -0.4 is 10.6 Å². The zero-order chi connectivity index (χ0) is 15.0. The van der Waals surface area contributed by atoms with E-state index in [4.69, 9.17) is 0 Å². The molecule has 0 unspecified atom stereocenters. The van der Waals surface area contributed by atoms with Gasteiger partial charge < -0.3 is 15.5 Å². The fourth-order valence-corrected chi connectivity index (χ4v) is 2.10. The highest BCUT2D eigenvalue weighted by molar-refractivity contribution is 5.81. The van der Waals surface area contributed by atoms with E-state index in [0.29, 0.717) is 19.0 Å². The maximum absolute atomic E-state index is 12.0. The normalized spacial score (nSPS) is 15.8. The van der Waals surface area contributed by atoms with Crippen LogP contribution in [0.25, 0.3) is 0 Å². The van der Waals surface area contributed by atoms with Crippen molar-refractivity contribution in [3.8, 4) is 0 Å². The molecule has 0 atom stereocenters. The first-order valence-electron chi connectivity index (χ1n) is 7.42. The van der Waals surface area contributed by atoms with Crippen molar-refractivity contribution in [3.63, 3.8) is 0 Å². The lowest BCUT2D eigenvalue weighted by molar-refractivity contribution is -0.133. The van der Waals surface area contributed by atoms with Crippen LogP contribution in [-0.2, 0) is 9.59 Å². The average Bonchev–Trinajstić information content (AvgIpc) is 2.38. The first-order chi connectivity index (χ1) is 9.49. The molecule has 20 heavy (non-hydrogen) atoms. The molecule has 1 rings (SSSR count). The Morgan fingerprint density at radius 2 is 1.90 bits per heavy atom. The van der Waals surface area contributed by atoms with Crippen molar-refractivity contribution in [1.29, 1.82) is 0 Å². The lowest BCUT2D eigenvalue weighted by Crippen LogP contribution is -2.50. The summed E-state index contributed by atoms with van der Waals surface area (Å²) in [6.07, 6.45) is 0.981. The molecule has 6 nitrogen and oxygen atoms in total. The Morgan fingerprint density at radius 1 is 1.25 bits per heavy atom. The maximum atomic E-state index is 12.0. The Labute approximate surface area is 121 Å². The molecular weight excluding hydrogens is 256 g/mol. The molecule has 2 N–H and O–H groups in total.